The fraction of sp³-hybridized carbons (Fsp3) is 0.588. The summed E-state index contributed by atoms with van der Waals surface area (Å²) in [5.74, 6) is 0.0998. The molecule has 4 heteroatoms. The number of carboxylic acids is 1. The van der Waals surface area contributed by atoms with Gasteiger partial charge in [0.25, 0.3) is 0 Å². The number of hydrogen-bond donors (Lipinski definition) is 2. The van der Waals surface area contributed by atoms with Crippen molar-refractivity contribution in [3.05, 3.63) is 29.8 Å². The maximum atomic E-state index is 11.7. The van der Waals surface area contributed by atoms with Crippen LogP contribution in [0, 0.1) is 5.92 Å². The summed E-state index contributed by atoms with van der Waals surface area (Å²) in [4.78, 5) is 11.7. The molecule has 1 aromatic rings. The van der Waals surface area contributed by atoms with Crippen molar-refractivity contribution in [2.45, 2.75) is 45.1 Å². The van der Waals surface area contributed by atoms with Crippen LogP contribution < -0.4 is 10.1 Å². The van der Waals surface area contributed by atoms with Gasteiger partial charge in [-0.1, -0.05) is 32.4 Å². The first-order chi connectivity index (χ1) is 10.1. The summed E-state index contributed by atoms with van der Waals surface area (Å²) in [7, 11) is 0. The first-order valence-corrected chi connectivity index (χ1v) is 7.82. The van der Waals surface area contributed by atoms with E-state index in [2.05, 4.69) is 12.2 Å². The number of ether oxygens (including phenoxy) is 1. The standard InChI is InChI=1S/C17H25NO3/c1-3-5-13-6-10-15(11-7-13)21-12-17(16(19)20,18-4-2)14-8-9-14/h6-7,10-11,14,18H,3-5,8-9,12H2,1-2H3,(H,19,20). The molecule has 0 aromatic heterocycles. The lowest BCUT2D eigenvalue weighted by atomic mass is 9.94. The van der Waals surface area contributed by atoms with Crippen molar-refractivity contribution < 1.29 is 14.6 Å². The average molecular weight is 291 g/mol. The van der Waals surface area contributed by atoms with Crippen LogP contribution in [-0.2, 0) is 11.2 Å². The molecule has 0 spiro atoms. The van der Waals surface area contributed by atoms with Crippen molar-refractivity contribution in [3.63, 3.8) is 0 Å². The molecule has 2 N–H and O–H groups in total. The number of rotatable bonds is 9. The fourth-order valence-corrected chi connectivity index (χ4v) is 2.75. The number of benzene rings is 1. The largest absolute Gasteiger partial charge is 0.491 e. The van der Waals surface area contributed by atoms with Crippen molar-refractivity contribution in [1.82, 2.24) is 5.32 Å². The van der Waals surface area contributed by atoms with Gasteiger partial charge in [0, 0.05) is 0 Å². The van der Waals surface area contributed by atoms with E-state index in [1.54, 1.807) is 0 Å². The summed E-state index contributed by atoms with van der Waals surface area (Å²) >= 11 is 0. The van der Waals surface area contributed by atoms with Crippen molar-refractivity contribution in [2.75, 3.05) is 13.2 Å². The summed E-state index contributed by atoms with van der Waals surface area (Å²) in [6.07, 6.45) is 4.08. The van der Waals surface area contributed by atoms with E-state index in [1.165, 1.54) is 5.56 Å². The molecule has 0 radical (unpaired) electrons. The van der Waals surface area contributed by atoms with Gasteiger partial charge in [-0.3, -0.25) is 10.1 Å². The molecule has 2 rings (SSSR count). The van der Waals surface area contributed by atoms with Crippen LogP contribution in [0.2, 0.25) is 0 Å². The highest BCUT2D eigenvalue weighted by molar-refractivity contribution is 5.80. The Morgan fingerprint density at radius 3 is 2.48 bits per heavy atom. The number of carbonyl (C=O) groups is 1. The normalized spacial score (nSPS) is 17.2. The lowest BCUT2D eigenvalue weighted by molar-refractivity contribution is -0.147. The predicted molar refractivity (Wildman–Crippen MR) is 82.7 cm³/mol. The minimum atomic E-state index is -0.948. The zero-order valence-corrected chi connectivity index (χ0v) is 12.9. The second kappa shape index (κ2) is 6.94. The first kappa shape index (κ1) is 15.8. The van der Waals surface area contributed by atoms with Gasteiger partial charge in [0.15, 0.2) is 5.54 Å². The molecule has 0 aliphatic heterocycles. The lowest BCUT2D eigenvalue weighted by Gasteiger charge is -2.30. The van der Waals surface area contributed by atoms with Crippen LogP contribution >= 0.6 is 0 Å². The molecular formula is C17H25NO3. The van der Waals surface area contributed by atoms with Gasteiger partial charge in [-0.05, 0) is 49.4 Å². The minimum absolute atomic E-state index is 0.175. The van der Waals surface area contributed by atoms with Crippen LogP contribution in [0.4, 0.5) is 0 Å². The van der Waals surface area contributed by atoms with E-state index in [0.29, 0.717) is 6.54 Å². The second-order valence-electron chi connectivity index (χ2n) is 5.76. The first-order valence-electron chi connectivity index (χ1n) is 7.82. The number of hydrogen-bond acceptors (Lipinski definition) is 3. The molecule has 0 bridgehead atoms. The van der Waals surface area contributed by atoms with E-state index in [9.17, 15) is 9.90 Å². The van der Waals surface area contributed by atoms with Gasteiger partial charge in [0.1, 0.15) is 12.4 Å². The lowest BCUT2D eigenvalue weighted by Crippen LogP contribution is -2.58. The average Bonchev–Trinajstić information content (AvgIpc) is 3.30. The van der Waals surface area contributed by atoms with E-state index in [1.807, 2.05) is 31.2 Å². The van der Waals surface area contributed by atoms with Crippen molar-refractivity contribution in [2.24, 2.45) is 5.92 Å². The summed E-state index contributed by atoms with van der Waals surface area (Å²) in [6.45, 7) is 4.88. The highest BCUT2D eigenvalue weighted by Gasteiger charge is 2.51. The predicted octanol–water partition coefficient (Wildman–Crippen LogP) is 2.86. The topological polar surface area (TPSA) is 58.6 Å². The Bertz CT molecular complexity index is 467. The van der Waals surface area contributed by atoms with Gasteiger partial charge >= 0.3 is 5.97 Å². The van der Waals surface area contributed by atoms with Gasteiger partial charge in [-0.15, -0.1) is 0 Å². The molecule has 1 fully saturated rings. The molecular weight excluding hydrogens is 266 g/mol. The molecule has 1 atom stereocenters. The molecule has 1 saturated carbocycles. The number of likely N-dealkylation sites (N-methyl/N-ethyl adjacent to an activating group) is 1. The van der Waals surface area contributed by atoms with Crippen molar-refractivity contribution in [1.29, 1.82) is 0 Å². The van der Waals surface area contributed by atoms with Crippen LogP contribution in [0.15, 0.2) is 24.3 Å². The van der Waals surface area contributed by atoms with E-state index in [0.717, 1.165) is 31.4 Å². The highest BCUT2D eigenvalue weighted by Crippen LogP contribution is 2.40. The third-order valence-corrected chi connectivity index (χ3v) is 4.08. The van der Waals surface area contributed by atoms with Crippen molar-refractivity contribution >= 4 is 5.97 Å². The van der Waals surface area contributed by atoms with Crippen LogP contribution in [-0.4, -0.2) is 29.8 Å². The third kappa shape index (κ3) is 3.76. The Kier molecular flexibility index (Phi) is 5.23. The summed E-state index contributed by atoms with van der Waals surface area (Å²) in [6, 6.07) is 7.95. The summed E-state index contributed by atoms with van der Waals surface area (Å²) in [5.41, 5.74) is 0.333. The van der Waals surface area contributed by atoms with Gasteiger partial charge < -0.3 is 9.84 Å². The Hall–Kier alpha value is -1.55. The maximum Gasteiger partial charge on any atom is 0.327 e. The van der Waals surface area contributed by atoms with Gasteiger partial charge in [-0.2, -0.15) is 0 Å². The van der Waals surface area contributed by atoms with E-state index in [-0.39, 0.29) is 12.5 Å². The second-order valence-corrected chi connectivity index (χ2v) is 5.76. The van der Waals surface area contributed by atoms with Crippen LogP contribution in [0.25, 0.3) is 0 Å². The van der Waals surface area contributed by atoms with E-state index >= 15 is 0 Å². The number of aryl methyl sites for hydroxylation is 1. The Balaban J connectivity index is 2.02. The quantitative estimate of drug-likeness (QED) is 0.734. The molecule has 4 nitrogen and oxygen atoms in total. The monoisotopic (exact) mass is 291 g/mol. The molecule has 0 saturated heterocycles. The van der Waals surface area contributed by atoms with Crippen LogP contribution in [0.1, 0.15) is 38.7 Å². The smallest absolute Gasteiger partial charge is 0.327 e. The summed E-state index contributed by atoms with van der Waals surface area (Å²) < 4.78 is 5.78. The van der Waals surface area contributed by atoms with Crippen LogP contribution in [0.5, 0.6) is 5.75 Å². The highest BCUT2D eigenvalue weighted by atomic mass is 16.5. The summed E-state index contributed by atoms with van der Waals surface area (Å²) in [5, 5.41) is 12.7. The maximum absolute atomic E-state index is 11.7. The number of aliphatic carboxylic acids is 1. The van der Waals surface area contributed by atoms with Gasteiger partial charge in [-0.25, -0.2) is 0 Å². The third-order valence-electron chi connectivity index (χ3n) is 4.08. The molecule has 21 heavy (non-hydrogen) atoms. The van der Waals surface area contributed by atoms with Gasteiger partial charge in [0.2, 0.25) is 0 Å². The molecule has 1 aliphatic carbocycles. The van der Waals surface area contributed by atoms with E-state index in [4.69, 9.17) is 4.74 Å². The molecule has 1 aliphatic rings. The van der Waals surface area contributed by atoms with Crippen molar-refractivity contribution in [3.8, 4) is 5.75 Å². The van der Waals surface area contributed by atoms with Gasteiger partial charge in [0.05, 0.1) is 0 Å². The van der Waals surface area contributed by atoms with E-state index < -0.39 is 11.5 Å². The molecule has 0 amide bonds. The Labute approximate surface area is 126 Å². The Morgan fingerprint density at radius 1 is 1.33 bits per heavy atom. The molecule has 0 heterocycles. The zero-order chi connectivity index (χ0) is 15.3. The number of nitrogens with one attached hydrogen (secondary N) is 1. The van der Waals surface area contributed by atoms with Crippen LogP contribution in [0.3, 0.4) is 0 Å². The fourth-order valence-electron chi connectivity index (χ4n) is 2.75. The zero-order valence-electron chi connectivity index (χ0n) is 12.9. The molecule has 1 unspecified atom stereocenters. The number of carboxylic acid groups (broad SMARTS) is 1. The minimum Gasteiger partial charge on any atom is -0.491 e. The Morgan fingerprint density at radius 2 is 2.00 bits per heavy atom. The molecule has 116 valence electrons. The SMILES string of the molecule is CCCc1ccc(OCC(NCC)(C(=O)O)C2CC2)cc1. The molecule has 1 aromatic carbocycles.